The van der Waals surface area contributed by atoms with Crippen LogP contribution >= 0.6 is 0 Å². The van der Waals surface area contributed by atoms with Crippen LogP contribution in [0.3, 0.4) is 0 Å². The van der Waals surface area contributed by atoms with E-state index in [0.29, 0.717) is 6.42 Å². The lowest BCUT2D eigenvalue weighted by Gasteiger charge is -2.35. The van der Waals surface area contributed by atoms with Crippen molar-refractivity contribution in [3.63, 3.8) is 0 Å². The Hall–Kier alpha value is -0.850. The van der Waals surface area contributed by atoms with E-state index in [2.05, 4.69) is 4.18 Å². The van der Waals surface area contributed by atoms with Crippen molar-refractivity contribution in [1.82, 2.24) is 0 Å². The van der Waals surface area contributed by atoms with E-state index in [9.17, 15) is 30.4 Å². The number of rotatable bonds is 6. The predicted octanol–water partition coefficient (Wildman–Crippen LogP) is 0.935. The molecule has 0 radical (unpaired) electrons. The molecule has 1 aliphatic heterocycles. The highest BCUT2D eigenvalue weighted by Crippen LogP contribution is 2.65. The Morgan fingerprint density at radius 3 is 2.12 bits per heavy atom. The van der Waals surface area contributed by atoms with E-state index >= 15 is 0 Å². The van der Waals surface area contributed by atoms with Gasteiger partial charge < -0.3 is 4.74 Å². The third-order valence-electron chi connectivity index (χ3n) is 5.46. The Morgan fingerprint density at radius 1 is 1.21 bits per heavy atom. The second-order valence-corrected chi connectivity index (χ2v) is 10.1. The van der Waals surface area contributed by atoms with E-state index < -0.39 is 60.3 Å². The quantitative estimate of drug-likeness (QED) is 0.402. The van der Waals surface area contributed by atoms with E-state index in [1.165, 1.54) is 0 Å². The molecule has 2 atom stereocenters. The van der Waals surface area contributed by atoms with Crippen molar-refractivity contribution >= 4 is 26.2 Å². The van der Waals surface area contributed by atoms with Crippen LogP contribution in [-0.2, 0) is 34.0 Å². The van der Waals surface area contributed by atoms with E-state index in [-0.39, 0.29) is 6.42 Å². The number of alkyl halides is 2. The second-order valence-electron chi connectivity index (χ2n) is 6.90. The molecule has 1 saturated heterocycles. The molecule has 2 aliphatic rings. The van der Waals surface area contributed by atoms with Gasteiger partial charge in [0.2, 0.25) is 0 Å². The van der Waals surface area contributed by atoms with Gasteiger partial charge in [-0.3, -0.25) is 13.5 Å². The number of ether oxygens (including phenoxy) is 1. The van der Waals surface area contributed by atoms with Gasteiger partial charge in [0.25, 0.3) is 10.1 Å². The maximum Gasteiger partial charge on any atom is 0.393 e. The molecule has 0 aromatic carbocycles. The summed E-state index contributed by atoms with van der Waals surface area (Å²) in [7, 11) is -10.5. The Morgan fingerprint density at radius 2 is 1.75 bits per heavy atom. The average molecular weight is 392 g/mol. The molecular formula is C12H18F2O8S2. The Kier molecular flexibility index (Phi) is 4.12. The SMILES string of the molecule is CC12CCC(CS(=O)(=O)OCC(F)(F)S(=O)(=O)O)(C(=O)O1)C2(C)C. The molecule has 1 saturated carbocycles. The van der Waals surface area contributed by atoms with Crippen molar-refractivity contribution in [2.75, 3.05) is 12.4 Å². The maximum absolute atomic E-state index is 13.1. The van der Waals surface area contributed by atoms with Crippen molar-refractivity contribution in [3.8, 4) is 0 Å². The first kappa shape index (κ1) is 19.5. The number of carbonyl (C=O) groups is 1. The van der Waals surface area contributed by atoms with Gasteiger partial charge in [-0.15, -0.1) is 0 Å². The van der Waals surface area contributed by atoms with Gasteiger partial charge >= 0.3 is 21.3 Å². The molecule has 24 heavy (non-hydrogen) atoms. The standard InChI is InChI=1S/C12H18F2O8S2/c1-9(2)10(3)4-5-11(9,8(15)22-10)7-23(16,17)21-6-12(13,14)24(18,19)20/h4-7H2,1-3H3,(H,18,19,20). The molecule has 2 unspecified atom stereocenters. The third kappa shape index (κ3) is 2.63. The van der Waals surface area contributed by atoms with E-state index in [1.807, 2.05) is 0 Å². The second kappa shape index (κ2) is 5.08. The fourth-order valence-corrected chi connectivity index (χ4v) is 5.23. The van der Waals surface area contributed by atoms with Crippen molar-refractivity contribution in [3.05, 3.63) is 0 Å². The molecule has 0 spiro atoms. The molecule has 2 fully saturated rings. The monoisotopic (exact) mass is 392 g/mol. The number of hydrogen-bond donors (Lipinski definition) is 1. The molecule has 12 heteroatoms. The molecular weight excluding hydrogens is 374 g/mol. The number of halogens is 2. The lowest BCUT2D eigenvalue weighted by Crippen LogP contribution is -2.45. The van der Waals surface area contributed by atoms with Crippen LogP contribution in [0, 0.1) is 10.8 Å². The Bertz CT molecular complexity index is 773. The molecule has 8 nitrogen and oxygen atoms in total. The fraction of sp³-hybridized carbons (Fsp3) is 0.917. The van der Waals surface area contributed by atoms with Gasteiger partial charge in [-0.05, 0) is 19.8 Å². The van der Waals surface area contributed by atoms with Crippen molar-refractivity contribution in [2.24, 2.45) is 10.8 Å². The molecule has 0 aromatic heterocycles. The van der Waals surface area contributed by atoms with E-state index in [0.717, 1.165) is 0 Å². The molecule has 1 N–H and O–H groups in total. The van der Waals surface area contributed by atoms with Gasteiger partial charge in [0.15, 0.2) is 0 Å². The number of esters is 1. The fourth-order valence-electron chi connectivity index (χ4n) is 3.31. The van der Waals surface area contributed by atoms with Crippen LogP contribution in [0.15, 0.2) is 0 Å². The molecule has 1 aliphatic carbocycles. The minimum atomic E-state index is -5.82. The summed E-state index contributed by atoms with van der Waals surface area (Å²) in [6, 6.07) is 0. The first-order valence-corrected chi connectivity index (χ1v) is 9.97. The van der Waals surface area contributed by atoms with E-state index in [1.54, 1.807) is 20.8 Å². The summed E-state index contributed by atoms with van der Waals surface area (Å²) in [5, 5.41) is -4.78. The normalized spacial score (nSPS) is 32.8. The summed E-state index contributed by atoms with van der Waals surface area (Å²) >= 11 is 0. The molecule has 2 bridgehead atoms. The molecule has 2 rings (SSSR count). The molecule has 0 amide bonds. The van der Waals surface area contributed by atoms with Crippen LogP contribution in [0.2, 0.25) is 0 Å². The van der Waals surface area contributed by atoms with Crippen molar-refractivity contribution in [1.29, 1.82) is 0 Å². The van der Waals surface area contributed by atoms with Crippen LogP contribution in [0.25, 0.3) is 0 Å². The van der Waals surface area contributed by atoms with Crippen molar-refractivity contribution in [2.45, 2.75) is 44.5 Å². The lowest BCUT2D eigenvalue weighted by atomic mass is 9.67. The predicted molar refractivity (Wildman–Crippen MR) is 76.2 cm³/mol. The number of carbonyl (C=O) groups excluding carboxylic acids is 1. The van der Waals surface area contributed by atoms with Gasteiger partial charge in [0.05, 0.1) is 11.2 Å². The number of hydrogen-bond acceptors (Lipinski definition) is 7. The van der Waals surface area contributed by atoms with Gasteiger partial charge in [-0.2, -0.15) is 25.6 Å². The van der Waals surface area contributed by atoms with E-state index in [4.69, 9.17) is 9.29 Å². The highest BCUT2D eigenvalue weighted by Gasteiger charge is 2.73. The zero-order valence-electron chi connectivity index (χ0n) is 13.2. The van der Waals surface area contributed by atoms with Gasteiger partial charge in [0.1, 0.15) is 12.2 Å². The summed E-state index contributed by atoms with van der Waals surface area (Å²) in [6.07, 6.45) is 0.578. The minimum absolute atomic E-state index is 0.173. The smallest absolute Gasteiger partial charge is 0.393 e. The summed E-state index contributed by atoms with van der Waals surface area (Å²) < 4.78 is 89.0. The first-order chi connectivity index (χ1) is 10.5. The topological polar surface area (TPSA) is 124 Å². The maximum atomic E-state index is 13.1. The van der Waals surface area contributed by atoms with Gasteiger partial charge in [0, 0.05) is 5.41 Å². The highest BCUT2D eigenvalue weighted by atomic mass is 32.2. The van der Waals surface area contributed by atoms with Crippen LogP contribution in [-0.4, -0.2) is 50.6 Å². The summed E-state index contributed by atoms with van der Waals surface area (Å²) in [5.74, 6) is -1.67. The Balaban J connectivity index is 2.23. The third-order valence-corrected chi connectivity index (χ3v) is 7.66. The molecule has 0 aromatic rings. The van der Waals surface area contributed by atoms with Crippen LogP contribution < -0.4 is 0 Å². The lowest BCUT2D eigenvalue weighted by molar-refractivity contribution is -0.158. The number of fused-ring (bicyclic) bond motifs is 2. The largest absolute Gasteiger partial charge is 0.458 e. The summed E-state index contributed by atoms with van der Waals surface area (Å²) in [6.45, 7) is 2.89. The zero-order valence-corrected chi connectivity index (χ0v) is 14.8. The minimum Gasteiger partial charge on any atom is -0.458 e. The first-order valence-electron chi connectivity index (χ1n) is 6.95. The van der Waals surface area contributed by atoms with Gasteiger partial charge in [-0.25, -0.2) is 0 Å². The zero-order chi connectivity index (χ0) is 18.8. The van der Waals surface area contributed by atoms with Crippen molar-refractivity contribution < 1.29 is 43.9 Å². The van der Waals surface area contributed by atoms with Crippen LogP contribution in [0.4, 0.5) is 8.78 Å². The summed E-state index contributed by atoms with van der Waals surface area (Å²) in [4.78, 5) is 12.2. The summed E-state index contributed by atoms with van der Waals surface area (Å²) in [5.41, 5.74) is -3.23. The van der Waals surface area contributed by atoms with Crippen LogP contribution in [0.5, 0.6) is 0 Å². The van der Waals surface area contributed by atoms with Gasteiger partial charge in [-0.1, -0.05) is 13.8 Å². The average Bonchev–Trinajstić information content (AvgIpc) is 2.64. The molecule has 1 heterocycles. The molecule has 140 valence electrons. The van der Waals surface area contributed by atoms with Crippen LogP contribution in [0.1, 0.15) is 33.6 Å². The Labute approximate surface area is 138 Å². The highest BCUT2D eigenvalue weighted by molar-refractivity contribution is 7.87.